The van der Waals surface area contributed by atoms with Crippen molar-refractivity contribution in [2.24, 2.45) is 5.73 Å². The van der Waals surface area contributed by atoms with Crippen LogP contribution in [0.1, 0.15) is 11.1 Å². The summed E-state index contributed by atoms with van der Waals surface area (Å²) in [5.74, 6) is -0.764. The fourth-order valence-corrected chi connectivity index (χ4v) is 8.41. The van der Waals surface area contributed by atoms with E-state index in [2.05, 4.69) is 14.8 Å². The number of nitrogens with one attached hydrogen (secondary N) is 1. The van der Waals surface area contributed by atoms with E-state index in [0.29, 0.717) is 77.3 Å². The fraction of sp³-hybridized carbons (Fsp3) is 0.216. The number of hydrogen-bond donors (Lipinski definition) is 2. The van der Waals surface area contributed by atoms with E-state index in [1.165, 1.54) is 18.3 Å². The molecule has 6 aromatic rings. The molecule has 53 heavy (non-hydrogen) atoms. The number of piperazine rings is 1. The van der Waals surface area contributed by atoms with Crippen molar-refractivity contribution in [1.29, 1.82) is 0 Å². The van der Waals surface area contributed by atoms with Crippen LogP contribution < -0.4 is 15.4 Å². The zero-order valence-corrected chi connectivity index (χ0v) is 30.6. The quantitative estimate of drug-likeness (QED) is 0.196. The average molecular weight is 757 g/mol. The van der Waals surface area contributed by atoms with Crippen LogP contribution in [0.3, 0.4) is 0 Å². The number of benzene rings is 3. The average Bonchev–Trinajstić information content (AvgIpc) is 3.73. The summed E-state index contributed by atoms with van der Waals surface area (Å²) in [6.07, 6.45) is 7.55. The third-order valence-corrected chi connectivity index (χ3v) is 11.3. The summed E-state index contributed by atoms with van der Waals surface area (Å²) in [5.41, 5.74) is 10.7. The smallest absolute Gasteiger partial charge is 0.269 e. The number of anilines is 2. The molecule has 0 unspecified atom stereocenters. The Kier molecular flexibility index (Phi) is 9.52. The van der Waals surface area contributed by atoms with E-state index >= 15 is 0 Å². The first-order valence-electron chi connectivity index (χ1n) is 16.7. The second kappa shape index (κ2) is 14.1. The van der Waals surface area contributed by atoms with Crippen molar-refractivity contribution in [2.75, 3.05) is 48.6 Å². The lowest BCUT2D eigenvalue weighted by Gasteiger charge is -2.36. The van der Waals surface area contributed by atoms with E-state index in [1.807, 2.05) is 34.9 Å². The molecule has 0 spiro atoms. The Morgan fingerprint density at radius 3 is 2.34 bits per heavy atom. The lowest BCUT2D eigenvalue weighted by atomic mass is 10.0. The van der Waals surface area contributed by atoms with Gasteiger partial charge in [-0.25, -0.2) is 30.2 Å². The van der Waals surface area contributed by atoms with Crippen LogP contribution in [0.5, 0.6) is 0 Å². The number of amides is 1. The van der Waals surface area contributed by atoms with Crippen LogP contribution in [0.2, 0.25) is 0 Å². The molecule has 3 aromatic heterocycles. The first-order chi connectivity index (χ1) is 25.2. The summed E-state index contributed by atoms with van der Waals surface area (Å²) in [4.78, 5) is 20.2. The molecule has 0 radical (unpaired) electrons. The zero-order chi connectivity index (χ0) is 37.5. The second-order valence-corrected chi connectivity index (χ2v) is 16.7. The largest absolute Gasteiger partial charge is 0.369 e. The number of carbonyl (C=O) groups is 1. The number of carbonyl (C=O) groups excluding carboxylic acids is 1. The molecule has 0 bridgehead atoms. The Hall–Kier alpha value is -5.58. The Morgan fingerprint density at radius 2 is 1.64 bits per heavy atom. The van der Waals surface area contributed by atoms with Gasteiger partial charge in [-0.1, -0.05) is 35.9 Å². The molecule has 0 atom stereocenters. The molecule has 1 fully saturated rings. The van der Waals surface area contributed by atoms with Crippen LogP contribution in [0, 0.1) is 12.7 Å². The molecular formula is C37H37FN8O5S2. The maximum atomic E-state index is 14.0. The highest BCUT2D eigenvalue weighted by Gasteiger charge is 2.25. The van der Waals surface area contributed by atoms with Crippen LogP contribution >= 0.6 is 0 Å². The highest BCUT2D eigenvalue weighted by atomic mass is 32.2. The lowest BCUT2D eigenvalue weighted by molar-refractivity contribution is -0.119. The van der Waals surface area contributed by atoms with Crippen molar-refractivity contribution in [3.05, 3.63) is 115 Å². The van der Waals surface area contributed by atoms with Crippen LogP contribution in [0.15, 0.2) is 102 Å². The Bertz CT molecular complexity index is 2560. The van der Waals surface area contributed by atoms with Gasteiger partial charge in [-0.15, -0.1) is 0 Å². The van der Waals surface area contributed by atoms with E-state index in [-0.39, 0.29) is 22.9 Å². The molecule has 13 nitrogen and oxygen atoms in total. The third kappa shape index (κ3) is 7.79. The first kappa shape index (κ1) is 35.8. The van der Waals surface area contributed by atoms with Crippen molar-refractivity contribution in [3.8, 4) is 22.3 Å². The van der Waals surface area contributed by atoms with Gasteiger partial charge >= 0.3 is 0 Å². The van der Waals surface area contributed by atoms with E-state index in [0.717, 1.165) is 15.8 Å². The SMILES string of the molecule is Cc1ccc(S(=O)(=O)n2cc(-c3cnn(Cc4cccc(F)c4)c3)c3cc(-c4ccc(N5CCN(CC(N)=O)CC5)c(NS(C)(=O)=O)c4)cnc32)cc1. The van der Waals surface area contributed by atoms with Crippen LogP contribution in [-0.4, -0.2) is 85.4 Å². The van der Waals surface area contributed by atoms with Gasteiger partial charge in [-0.3, -0.25) is 19.1 Å². The zero-order valence-electron chi connectivity index (χ0n) is 29.0. The minimum atomic E-state index is -4.08. The van der Waals surface area contributed by atoms with Gasteiger partial charge in [0.05, 0.1) is 41.8 Å². The predicted molar refractivity (Wildman–Crippen MR) is 202 cm³/mol. The molecule has 3 N–H and O–H groups in total. The van der Waals surface area contributed by atoms with Crippen LogP contribution in [0.4, 0.5) is 15.8 Å². The van der Waals surface area contributed by atoms with Gasteiger partial charge in [0.2, 0.25) is 15.9 Å². The fourth-order valence-electron chi connectivity index (χ4n) is 6.53. The third-order valence-electron chi connectivity index (χ3n) is 9.09. The monoisotopic (exact) mass is 756 g/mol. The van der Waals surface area contributed by atoms with Gasteiger partial charge in [0.1, 0.15) is 5.82 Å². The summed E-state index contributed by atoms with van der Waals surface area (Å²) in [6.45, 7) is 4.59. The number of pyridine rings is 1. The van der Waals surface area contributed by atoms with Crippen LogP contribution in [0.25, 0.3) is 33.3 Å². The summed E-state index contributed by atoms with van der Waals surface area (Å²) in [5, 5.41) is 5.01. The molecule has 1 amide bonds. The van der Waals surface area contributed by atoms with Gasteiger partial charge in [0.25, 0.3) is 10.0 Å². The maximum absolute atomic E-state index is 14.0. The van der Waals surface area contributed by atoms with E-state index in [9.17, 15) is 26.0 Å². The van der Waals surface area contributed by atoms with Gasteiger partial charge in [0.15, 0.2) is 5.65 Å². The number of hydrogen-bond acceptors (Lipinski definition) is 9. The van der Waals surface area contributed by atoms with Crippen molar-refractivity contribution in [3.63, 3.8) is 0 Å². The highest BCUT2D eigenvalue weighted by Crippen LogP contribution is 2.37. The van der Waals surface area contributed by atoms with Crippen LogP contribution in [-0.2, 0) is 31.4 Å². The standard InChI is InChI=1S/C37H37FN8O5S2/c1-25-6-9-31(10-7-25)53(50,51)46-23-33(29-20-41-45(22-29)21-26-4-3-5-30(38)16-26)32-17-28(19-40-37(32)46)27-8-11-35(34(18-27)42-52(2,48)49)44-14-12-43(13-15-44)24-36(39)47/h3-11,16-20,22-23,42H,12-15,21,24H2,1-2H3,(H2,39,47). The number of sulfonamides is 1. The minimum Gasteiger partial charge on any atom is -0.369 e. The molecular weight excluding hydrogens is 720 g/mol. The summed E-state index contributed by atoms with van der Waals surface area (Å²) < 4.78 is 72.5. The summed E-state index contributed by atoms with van der Waals surface area (Å²) >= 11 is 0. The summed E-state index contributed by atoms with van der Waals surface area (Å²) in [7, 11) is -7.75. The lowest BCUT2D eigenvalue weighted by Crippen LogP contribution is -2.49. The predicted octanol–water partition coefficient (Wildman–Crippen LogP) is 4.28. The molecule has 1 saturated heterocycles. The number of nitrogens with zero attached hydrogens (tertiary/aromatic N) is 6. The number of nitrogens with two attached hydrogens (primary N) is 1. The molecule has 274 valence electrons. The first-order valence-corrected chi connectivity index (χ1v) is 20.0. The normalized spacial score (nSPS) is 14.1. The van der Waals surface area contributed by atoms with Gasteiger partial charge in [0, 0.05) is 66.8 Å². The van der Waals surface area contributed by atoms with Gasteiger partial charge in [-0.2, -0.15) is 5.10 Å². The number of primary amides is 1. The number of aryl methyl sites for hydroxylation is 1. The van der Waals surface area contributed by atoms with E-state index in [4.69, 9.17) is 5.73 Å². The Labute approximate surface area is 306 Å². The highest BCUT2D eigenvalue weighted by molar-refractivity contribution is 7.92. The van der Waals surface area contributed by atoms with Crippen molar-refractivity contribution in [1.82, 2.24) is 23.6 Å². The van der Waals surface area contributed by atoms with E-state index < -0.39 is 26.0 Å². The molecule has 1 aliphatic rings. The molecule has 7 rings (SSSR count). The van der Waals surface area contributed by atoms with Gasteiger partial charge in [-0.05, 0) is 60.5 Å². The Morgan fingerprint density at radius 1 is 0.887 bits per heavy atom. The topological polar surface area (TPSA) is 166 Å². The Balaban J connectivity index is 1.31. The molecule has 0 aliphatic carbocycles. The molecule has 16 heteroatoms. The maximum Gasteiger partial charge on any atom is 0.269 e. The van der Waals surface area contributed by atoms with Crippen molar-refractivity contribution >= 4 is 48.4 Å². The molecule has 4 heterocycles. The van der Waals surface area contributed by atoms with Crippen molar-refractivity contribution in [2.45, 2.75) is 18.4 Å². The number of fused-ring (bicyclic) bond motifs is 1. The number of halogens is 1. The number of aromatic nitrogens is 4. The summed E-state index contributed by atoms with van der Waals surface area (Å²) in [6, 6.07) is 20.0. The van der Waals surface area contributed by atoms with Gasteiger partial charge < -0.3 is 10.6 Å². The van der Waals surface area contributed by atoms with E-state index in [1.54, 1.807) is 65.7 Å². The molecule has 3 aromatic carbocycles. The molecule has 1 aliphatic heterocycles. The molecule has 0 saturated carbocycles. The second-order valence-electron chi connectivity index (χ2n) is 13.1. The number of rotatable bonds is 11. The minimum absolute atomic E-state index is 0.0989. The van der Waals surface area contributed by atoms with Crippen molar-refractivity contribution < 1.29 is 26.0 Å².